The van der Waals surface area contributed by atoms with Crippen molar-refractivity contribution in [3.8, 4) is 0 Å². The smallest absolute Gasteiger partial charge is 0.325 e. The summed E-state index contributed by atoms with van der Waals surface area (Å²) in [4.78, 5) is 38.2. The van der Waals surface area contributed by atoms with Crippen molar-refractivity contribution in [3.63, 3.8) is 0 Å². The summed E-state index contributed by atoms with van der Waals surface area (Å²) in [7, 11) is 0. The van der Waals surface area contributed by atoms with Gasteiger partial charge < -0.3 is 15.0 Å². The van der Waals surface area contributed by atoms with Gasteiger partial charge in [0.1, 0.15) is 6.54 Å². The minimum atomic E-state index is -0.622. The number of nitrogens with zero attached hydrogens (tertiary/aromatic N) is 1. The second-order valence-electron chi connectivity index (χ2n) is 7.19. The maximum atomic E-state index is 12.5. The van der Waals surface area contributed by atoms with Crippen LogP contribution in [0.4, 0.5) is 0 Å². The van der Waals surface area contributed by atoms with Gasteiger partial charge in [0, 0.05) is 23.2 Å². The number of halogens is 1. The van der Waals surface area contributed by atoms with E-state index < -0.39 is 11.9 Å². The number of piperidine rings is 1. The first-order chi connectivity index (χ1) is 13.0. The molecule has 1 aliphatic heterocycles. The second-order valence-corrected chi connectivity index (χ2v) is 7.63. The zero-order valence-electron chi connectivity index (χ0n) is 15.3. The summed E-state index contributed by atoms with van der Waals surface area (Å²) in [6, 6.07) is 6.64. The van der Waals surface area contributed by atoms with Gasteiger partial charge in [0.05, 0.1) is 0 Å². The highest BCUT2D eigenvalue weighted by Gasteiger charge is 2.35. The molecule has 2 aliphatic rings. The third kappa shape index (κ3) is 5.22. The molecule has 6 nitrogen and oxygen atoms in total. The number of likely N-dealkylation sites (tertiary alicyclic amines) is 1. The average Bonchev–Trinajstić information content (AvgIpc) is 2.70. The summed E-state index contributed by atoms with van der Waals surface area (Å²) < 4.78 is 5.08. The molecule has 0 bridgehead atoms. The Balaban J connectivity index is 1.42. The molecule has 1 heterocycles. The van der Waals surface area contributed by atoms with Crippen molar-refractivity contribution in [1.29, 1.82) is 0 Å². The molecule has 0 spiro atoms. The van der Waals surface area contributed by atoms with Crippen LogP contribution in [-0.4, -0.2) is 48.4 Å². The Morgan fingerprint density at radius 1 is 1.07 bits per heavy atom. The molecule has 1 aromatic carbocycles. The van der Waals surface area contributed by atoms with Gasteiger partial charge in [-0.3, -0.25) is 14.4 Å². The molecular formula is C20H25ClN2O4. The number of carbonyl (C=O) groups is 3. The first-order valence-corrected chi connectivity index (χ1v) is 9.91. The van der Waals surface area contributed by atoms with Crippen molar-refractivity contribution in [2.24, 2.45) is 5.92 Å². The van der Waals surface area contributed by atoms with Gasteiger partial charge in [0.2, 0.25) is 0 Å². The Hall–Kier alpha value is -2.08. The third-order valence-electron chi connectivity index (χ3n) is 5.42. The molecule has 0 unspecified atom stereocenters. The number of benzene rings is 1. The quantitative estimate of drug-likeness (QED) is 0.782. The molecule has 2 fully saturated rings. The van der Waals surface area contributed by atoms with Gasteiger partial charge in [-0.25, -0.2) is 0 Å². The standard InChI is InChI=1S/C20H25ClN2O4/c21-16-9-7-15(8-10-16)20(26)22-12-19(25)27-13-18(24)23-11-3-5-14-4-1-2-6-17(14)23/h7-10,14,17H,1-6,11-13H2,(H,22,26)/t14-,17+/m1/s1. The lowest BCUT2D eigenvalue weighted by Crippen LogP contribution is -2.51. The molecule has 0 radical (unpaired) electrons. The van der Waals surface area contributed by atoms with Crippen molar-refractivity contribution >= 4 is 29.4 Å². The number of fused-ring (bicyclic) bond motifs is 1. The SMILES string of the molecule is O=C(CNC(=O)c1ccc(Cl)cc1)OCC(=O)N1CCC[C@H]2CCCC[C@@H]21. The van der Waals surface area contributed by atoms with Crippen molar-refractivity contribution in [2.75, 3.05) is 19.7 Å². The molecule has 1 aromatic rings. The van der Waals surface area contributed by atoms with Crippen LogP contribution >= 0.6 is 11.6 Å². The lowest BCUT2D eigenvalue weighted by atomic mass is 9.78. The number of hydrogen-bond acceptors (Lipinski definition) is 4. The zero-order chi connectivity index (χ0) is 19.2. The summed E-state index contributed by atoms with van der Waals surface area (Å²) in [5.41, 5.74) is 0.403. The fourth-order valence-electron chi connectivity index (χ4n) is 4.07. The van der Waals surface area contributed by atoms with E-state index in [-0.39, 0.29) is 19.1 Å². The number of hydrogen-bond donors (Lipinski definition) is 1. The second kappa shape index (κ2) is 9.22. The van der Waals surface area contributed by atoms with Gasteiger partial charge in [0.25, 0.3) is 11.8 Å². The van der Waals surface area contributed by atoms with Crippen LogP contribution in [0.25, 0.3) is 0 Å². The molecule has 3 rings (SSSR count). The first-order valence-electron chi connectivity index (χ1n) is 9.53. The molecule has 1 saturated heterocycles. The monoisotopic (exact) mass is 392 g/mol. The lowest BCUT2D eigenvalue weighted by Gasteiger charge is -2.44. The number of ether oxygens (including phenoxy) is 1. The highest BCUT2D eigenvalue weighted by Crippen LogP contribution is 2.35. The van der Waals surface area contributed by atoms with Gasteiger partial charge >= 0.3 is 5.97 Å². The molecule has 1 saturated carbocycles. The number of carbonyl (C=O) groups excluding carboxylic acids is 3. The summed E-state index contributed by atoms with van der Waals surface area (Å²) in [6.07, 6.45) is 6.82. The van der Waals surface area contributed by atoms with E-state index in [0.717, 1.165) is 25.8 Å². The van der Waals surface area contributed by atoms with Gasteiger partial charge in [-0.1, -0.05) is 24.4 Å². The van der Waals surface area contributed by atoms with Crippen LogP contribution in [0, 0.1) is 5.92 Å². The summed E-state index contributed by atoms with van der Waals surface area (Å²) in [5.74, 6) is -0.561. The van der Waals surface area contributed by atoms with Crippen molar-refractivity contribution < 1.29 is 19.1 Å². The van der Waals surface area contributed by atoms with E-state index in [1.165, 1.54) is 19.3 Å². The van der Waals surface area contributed by atoms with E-state index in [1.54, 1.807) is 24.3 Å². The minimum absolute atomic E-state index is 0.135. The van der Waals surface area contributed by atoms with Gasteiger partial charge in [-0.05, 0) is 55.9 Å². The molecule has 0 aromatic heterocycles. The van der Waals surface area contributed by atoms with Crippen LogP contribution in [0.3, 0.4) is 0 Å². The molecule has 27 heavy (non-hydrogen) atoms. The predicted molar refractivity (Wildman–Crippen MR) is 101 cm³/mol. The Kier molecular flexibility index (Phi) is 6.72. The highest BCUT2D eigenvalue weighted by atomic mass is 35.5. The van der Waals surface area contributed by atoms with E-state index >= 15 is 0 Å². The van der Waals surface area contributed by atoms with Crippen LogP contribution < -0.4 is 5.32 Å². The number of esters is 1. The lowest BCUT2D eigenvalue weighted by molar-refractivity contribution is -0.154. The van der Waals surface area contributed by atoms with Crippen molar-refractivity contribution in [2.45, 2.75) is 44.6 Å². The molecule has 7 heteroatoms. The Morgan fingerprint density at radius 2 is 1.78 bits per heavy atom. The zero-order valence-corrected chi connectivity index (χ0v) is 16.0. The van der Waals surface area contributed by atoms with E-state index in [0.29, 0.717) is 22.5 Å². The summed E-state index contributed by atoms with van der Waals surface area (Å²) in [6.45, 7) is 0.199. The van der Waals surface area contributed by atoms with E-state index in [9.17, 15) is 14.4 Å². The van der Waals surface area contributed by atoms with E-state index in [1.807, 2.05) is 4.90 Å². The van der Waals surface area contributed by atoms with Gasteiger partial charge in [-0.15, -0.1) is 0 Å². The third-order valence-corrected chi connectivity index (χ3v) is 5.67. The number of nitrogens with one attached hydrogen (secondary N) is 1. The average molecular weight is 393 g/mol. The normalized spacial score (nSPS) is 21.9. The maximum Gasteiger partial charge on any atom is 0.325 e. The Bertz CT molecular complexity index is 690. The van der Waals surface area contributed by atoms with E-state index in [2.05, 4.69) is 5.32 Å². The first kappa shape index (κ1) is 19.7. The number of rotatable bonds is 5. The molecular weight excluding hydrogens is 368 g/mol. The maximum absolute atomic E-state index is 12.5. The van der Waals surface area contributed by atoms with Crippen LogP contribution in [-0.2, 0) is 14.3 Å². The molecule has 1 N–H and O–H groups in total. The van der Waals surface area contributed by atoms with Crippen LogP contribution in [0.2, 0.25) is 5.02 Å². The van der Waals surface area contributed by atoms with Crippen LogP contribution in [0.15, 0.2) is 24.3 Å². The number of amides is 2. The van der Waals surface area contributed by atoms with Crippen molar-refractivity contribution in [1.82, 2.24) is 10.2 Å². The molecule has 2 amide bonds. The molecule has 2 atom stereocenters. The highest BCUT2D eigenvalue weighted by molar-refractivity contribution is 6.30. The fraction of sp³-hybridized carbons (Fsp3) is 0.550. The fourth-order valence-corrected chi connectivity index (χ4v) is 4.19. The van der Waals surface area contributed by atoms with Gasteiger partial charge in [-0.2, -0.15) is 0 Å². The van der Waals surface area contributed by atoms with Crippen LogP contribution in [0.5, 0.6) is 0 Å². The molecule has 146 valence electrons. The van der Waals surface area contributed by atoms with Gasteiger partial charge in [0.15, 0.2) is 6.61 Å². The summed E-state index contributed by atoms with van der Waals surface area (Å²) >= 11 is 5.78. The minimum Gasteiger partial charge on any atom is -0.454 e. The largest absolute Gasteiger partial charge is 0.454 e. The van der Waals surface area contributed by atoms with E-state index in [4.69, 9.17) is 16.3 Å². The Morgan fingerprint density at radius 3 is 2.56 bits per heavy atom. The predicted octanol–water partition coefficient (Wildman–Crippen LogP) is 2.79. The Labute approximate surface area is 164 Å². The topological polar surface area (TPSA) is 75.7 Å². The summed E-state index contributed by atoms with van der Waals surface area (Å²) in [5, 5.41) is 3.02. The van der Waals surface area contributed by atoms with Crippen molar-refractivity contribution in [3.05, 3.63) is 34.9 Å². The van der Waals surface area contributed by atoms with Crippen LogP contribution in [0.1, 0.15) is 48.9 Å². The molecule has 1 aliphatic carbocycles.